The van der Waals surface area contributed by atoms with Gasteiger partial charge in [0.1, 0.15) is 18.5 Å². The number of methoxy groups -OCH3 is 1. The fraction of sp³-hybridized carbons (Fsp3) is 0.542. The third-order valence-corrected chi connectivity index (χ3v) is 5.31. The van der Waals surface area contributed by atoms with E-state index in [2.05, 4.69) is 15.2 Å². The second-order valence-corrected chi connectivity index (χ2v) is 7.88. The molecule has 1 aromatic heterocycles. The molecule has 0 radical (unpaired) electrons. The first kappa shape index (κ1) is 23.3. The van der Waals surface area contributed by atoms with Gasteiger partial charge < -0.3 is 29.5 Å². The number of benzene rings is 1. The highest BCUT2D eigenvalue weighted by molar-refractivity contribution is 5.43. The Labute approximate surface area is 185 Å². The van der Waals surface area contributed by atoms with Crippen LogP contribution in [-0.4, -0.2) is 67.6 Å². The average Bonchev–Trinajstić information content (AvgIpc) is 2.81. The monoisotopic (exact) mass is 429 g/mol. The van der Waals surface area contributed by atoms with E-state index in [1.54, 1.807) is 19.5 Å². The molecule has 0 amide bonds. The summed E-state index contributed by atoms with van der Waals surface area (Å²) in [6, 6.07) is 9.68. The van der Waals surface area contributed by atoms with Crippen molar-refractivity contribution in [2.45, 2.75) is 38.3 Å². The second-order valence-electron chi connectivity index (χ2n) is 7.88. The van der Waals surface area contributed by atoms with Gasteiger partial charge in [-0.25, -0.2) is 0 Å². The zero-order valence-corrected chi connectivity index (χ0v) is 18.5. The lowest BCUT2D eigenvalue weighted by Gasteiger charge is -2.28. The molecule has 170 valence electrons. The number of aromatic nitrogens is 1. The molecule has 1 aromatic carbocycles. The SMILES string of the molecule is COc1ccc(CNCCCOc2cccnc2)cc1OC[C@@H](O)CN1CCCCC1. The largest absolute Gasteiger partial charge is 0.493 e. The minimum Gasteiger partial charge on any atom is -0.493 e. The summed E-state index contributed by atoms with van der Waals surface area (Å²) in [6.07, 6.45) is 7.56. The predicted molar refractivity (Wildman–Crippen MR) is 121 cm³/mol. The van der Waals surface area contributed by atoms with Crippen molar-refractivity contribution in [3.63, 3.8) is 0 Å². The maximum Gasteiger partial charge on any atom is 0.161 e. The number of nitrogens with one attached hydrogen (secondary N) is 1. The summed E-state index contributed by atoms with van der Waals surface area (Å²) in [5.74, 6) is 2.14. The van der Waals surface area contributed by atoms with Gasteiger partial charge >= 0.3 is 0 Å². The molecule has 0 bridgehead atoms. The maximum atomic E-state index is 10.4. The van der Waals surface area contributed by atoms with Crippen molar-refractivity contribution in [3.05, 3.63) is 48.3 Å². The number of piperidine rings is 1. The van der Waals surface area contributed by atoms with Gasteiger partial charge in [0.15, 0.2) is 11.5 Å². The van der Waals surface area contributed by atoms with Crippen LogP contribution in [0.1, 0.15) is 31.2 Å². The normalized spacial score (nSPS) is 15.4. The van der Waals surface area contributed by atoms with E-state index in [1.165, 1.54) is 19.3 Å². The molecular formula is C24H35N3O4. The fourth-order valence-electron chi connectivity index (χ4n) is 3.67. The van der Waals surface area contributed by atoms with Gasteiger partial charge in [-0.3, -0.25) is 4.98 Å². The summed E-state index contributed by atoms with van der Waals surface area (Å²) in [5, 5.41) is 13.8. The molecule has 7 nitrogen and oxygen atoms in total. The Kier molecular flexibility index (Phi) is 9.89. The molecule has 1 atom stereocenters. The minimum absolute atomic E-state index is 0.259. The first-order valence-electron chi connectivity index (χ1n) is 11.2. The van der Waals surface area contributed by atoms with E-state index in [0.29, 0.717) is 24.7 Å². The van der Waals surface area contributed by atoms with Crippen LogP contribution in [0.3, 0.4) is 0 Å². The van der Waals surface area contributed by atoms with E-state index in [0.717, 1.165) is 43.9 Å². The van der Waals surface area contributed by atoms with Crippen LogP contribution in [0, 0.1) is 0 Å². The number of aliphatic hydroxyl groups excluding tert-OH is 1. The topological polar surface area (TPSA) is 76.1 Å². The summed E-state index contributed by atoms with van der Waals surface area (Å²) in [5.41, 5.74) is 1.11. The van der Waals surface area contributed by atoms with Gasteiger partial charge in [-0.05, 0) is 68.7 Å². The van der Waals surface area contributed by atoms with Crippen molar-refractivity contribution >= 4 is 0 Å². The highest BCUT2D eigenvalue weighted by Gasteiger charge is 2.16. The molecule has 0 saturated carbocycles. The summed E-state index contributed by atoms with van der Waals surface area (Å²) in [4.78, 5) is 6.35. The van der Waals surface area contributed by atoms with Crippen molar-refractivity contribution < 1.29 is 19.3 Å². The second kappa shape index (κ2) is 13.1. The molecule has 31 heavy (non-hydrogen) atoms. The van der Waals surface area contributed by atoms with Gasteiger partial charge in [-0.1, -0.05) is 12.5 Å². The number of aliphatic hydroxyl groups is 1. The number of nitrogens with zero attached hydrogens (tertiary/aromatic N) is 2. The molecule has 0 unspecified atom stereocenters. The van der Waals surface area contributed by atoms with Gasteiger partial charge in [-0.15, -0.1) is 0 Å². The number of hydrogen-bond donors (Lipinski definition) is 2. The molecule has 0 aliphatic carbocycles. The number of likely N-dealkylation sites (tertiary alicyclic amines) is 1. The van der Waals surface area contributed by atoms with Crippen LogP contribution in [0.25, 0.3) is 0 Å². The molecule has 7 heteroatoms. The van der Waals surface area contributed by atoms with Crippen LogP contribution >= 0.6 is 0 Å². The van der Waals surface area contributed by atoms with Gasteiger partial charge in [-0.2, -0.15) is 0 Å². The number of hydrogen-bond acceptors (Lipinski definition) is 7. The molecule has 1 aliphatic rings. The number of ether oxygens (including phenoxy) is 3. The van der Waals surface area contributed by atoms with Gasteiger partial charge in [0, 0.05) is 19.3 Å². The average molecular weight is 430 g/mol. The Bertz CT molecular complexity index is 754. The Morgan fingerprint density at radius 3 is 2.77 bits per heavy atom. The first-order chi connectivity index (χ1) is 15.2. The highest BCUT2D eigenvalue weighted by atomic mass is 16.5. The highest BCUT2D eigenvalue weighted by Crippen LogP contribution is 2.28. The predicted octanol–water partition coefficient (Wildman–Crippen LogP) is 2.87. The van der Waals surface area contributed by atoms with Crippen molar-refractivity contribution in [1.82, 2.24) is 15.2 Å². The van der Waals surface area contributed by atoms with E-state index in [4.69, 9.17) is 14.2 Å². The van der Waals surface area contributed by atoms with E-state index in [1.807, 2.05) is 30.3 Å². The Hall–Kier alpha value is -2.35. The van der Waals surface area contributed by atoms with Crippen LogP contribution in [0.15, 0.2) is 42.7 Å². The molecule has 2 aromatic rings. The zero-order chi connectivity index (χ0) is 21.7. The molecular weight excluding hydrogens is 394 g/mol. The fourth-order valence-corrected chi connectivity index (χ4v) is 3.67. The van der Waals surface area contributed by atoms with Crippen LogP contribution in [0.4, 0.5) is 0 Å². The van der Waals surface area contributed by atoms with Gasteiger partial charge in [0.05, 0.1) is 19.9 Å². The Morgan fingerprint density at radius 2 is 2.00 bits per heavy atom. The molecule has 2 N–H and O–H groups in total. The van der Waals surface area contributed by atoms with Gasteiger partial charge in [0.25, 0.3) is 0 Å². The van der Waals surface area contributed by atoms with Crippen molar-refractivity contribution in [2.24, 2.45) is 0 Å². The van der Waals surface area contributed by atoms with Crippen LogP contribution < -0.4 is 19.5 Å². The van der Waals surface area contributed by atoms with Crippen molar-refractivity contribution in [1.29, 1.82) is 0 Å². The molecule has 3 rings (SSSR count). The van der Waals surface area contributed by atoms with Crippen LogP contribution in [0.5, 0.6) is 17.2 Å². The van der Waals surface area contributed by atoms with E-state index in [9.17, 15) is 5.11 Å². The molecule has 1 fully saturated rings. The van der Waals surface area contributed by atoms with Crippen molar-refractivity contribution in [2.75, 3.05) is 46.5 Å². The number of β-amino-alcohol motifs (C(OH)–C–C–N with tert-alkyl or cyclic N) is 1. The molecule has 1 aliphatic heterocycles. The van der Waals surface area contributed by atoms with Crippen molar-refractivity contribution in [3.8, 4) is 17.2 Å². The molecule has 0 spiro atoms. The number of pyridine rings is 1. The summed E-state index contributed by atoms with van der Waals surface area (Å²) in [6.45, 7) is 5.26. The molecule has 1 saturated heterocycles. The van der Waals surface area contributed by atoms with E-state index < -0.39 is 6.10 Å². The van der Waals surface area contributed by atoms with Crippen LogP contribution in [0.2, 0.25) is 0 Å². The van der Waals surface area contributed by atoms with Crippen LogP contribution in [-0.2, 0) is 6.54 Å². The quantitative estimate of drug-likeness (QED) is 0.474. The third kappa shape index (κ3) is 8.36. The minimum atomic E-state index is -0.510. The van der Waals surface area contributed by atoms with Gasteiger partial charge in [0.2, 0.25) is 0 Å². The lowest BCUT2D eigenvalue weighted by Crippen LogP contribution is -2.38. The Balaban J connectivity index is 1.38. The summed E-state index contributed by atoms with van der Waals surface area (Å²) < 4.78 is 17.0. The Morgan fingerprint density at radius 1 is 1.13 bits per heavy atom. The van der Waals surface area contributed by atoms with E-state index in [-0.39, 0.29) is 6.61 Å². The summed E-state index contributed by atoms with van der Waals surface area (Å²) in [7, 11) is 1.63. The summed E-state index contributed by atoms with van der Waals surface area (Å²) >= 11 is 0. The first-order valence-corrected chi connectivity index (χ1v) is 11.2. The maximum absolute atomic E-state index is 10.4. The van der Waals surface area contributed by atoms with E-state index >= 15 is 0 Å². The lowest BCUT2D eigenvalue weighted by molar-refractivity contribution is 0.0608. The molecule has 2 heterocycles. The standard InChI is InChI=1S/C24H35N3O4/c1-29-23-9-8-20(16-25-11-6-14-30-22-7-5-10-26-17-22)15-24(23)31-19-21(28)18-27-12-3-2-4-13-27/h5,7-10,15,17,21,25,28H,2-4,6,11-14,16,18-19H2,1H3/t21-/m0/s1. The number of rotatable bonds is 13. The smallest absolute Gasteiger partial charge is 0.161 e. The third-order valence-electron chi connectivity index (χ3n) is 5.31. The lowest BCUT2D eigenvalue weighted by atomic mass is 10.1. The zero-order valence-electron chi connectivity index (χ0n) is 18.5.